The molecule has 0 bridgehead atoms. The number of rotatable bonds is 1. The third-order valence-corrected chi connectivity index (χ3v) is 5.00. The van der Waals surface area contributed by atoms with E-state index in [1.54, 1.807) is 0 Å². The number of piperidine rings is 1. The fourth-order valence-corrected chi connectivity index (χ4v) is 3.68. The highest BCUT2D eigenvalue weighted by Crippen LogP contribution is 2.32. The second-order valence-electron chi connectivity index (χ2n) is 5.56. The zero-order valence-electron chi connectivity index (χ0n) is 11.9. The maximum absolute atomic E-state index is 12.1. The van der Waals surface area contributed by atoms with Gasteiger partial charge in [0, 0.05) is 18.1 Å². The highest BCUT2D eigenvalue weighted by atomic mass is 35.5. The van der Waals surface area contributed by atoms with E-state index in [4.69, 9.17) is 11.6 Å². The Morgan fingerprint density at radius 2 is 2.14 bits per heavy atom. The van der Waals surface area contributed by atoms with Crippen molar-refractivity contribution in [3.05, 3.63) is 39.8 Å². The fourth-order valence-electron chi connectivity index (χ4n) is 2.61. The summed E-state index contributed by atoms with van der Waals surface area (Å²) in [5.41, 5.74) is 0.971. The van der Waals surface area contributed by atoms with Gasteiger partial charge in [0.15, 0.2) is 5.17 Å². The molecule has 1 saturated heterocycles. The molecule has 0 unspecified atom stereocenters. The van der Waals surface area contributed by atoms with Crippen LogP contribution in [-0.2, 0) is 4.79 Å². The lowest BCUT2D eigenvalue weighted by molar-refractivity contribution is -0.113. The number of aliphatic imine (C=N–C) groups is 1. The second kappa shape index (κ2) is 6.24. The van der Waals surface area contributed by atoms with Gasteiger partial charge >= 0.3 is 0 Å². The van der Waals surface area contributed by atoms with Gasteiger partial charge in [0.2, 0.25) is 0 Å². The van der Waals surface area contributed by atoms with Gasteiger partial charge in [-0.15, -0.1) is 0 Å². The Balaban J connectivity index is 1.73. The van der Waals surface area contributed by atoms with Gasteiger partial charge in [-0.1, -0.05) is 30.7 Å². The Labute approximate surface area is 134 Å². The molecule has 0 spiro atoms. The van der Waals surface area contributed by atoms with Crippen LogP contribution in [0.2, 0.25) is 5.02 Å². The van der Waals surface area contributed by atoms with Crippen molar-refractivity contribution in [2.24, 2.45) is 10.9 Å². The van der Waals surface area contributed by atoms with Crippen LogP contribution in [-0.4, -0.2) is 29.1 Å². The van der Waals surface area contributed by atoms with Gasteiger partial charge in [-0.25, -0.2) is 0 Å². The van der Waals surface area contributed by atoms with Crippen LogP contribution in [0.4, 0.5) is 0 Å². The van der Waals surface area contributed by atoms with Gasteiger partial charge in [0.05, 0.1) is 4.91 Å². The molecule has 21 heavy (non-hydrogen) atoms. The molecule has 1 aromatic carbocycles. The van der Waals surface area contributed by atoms with Crippen LogP contribution in [0.3, 0.4) is 0 Å². The monoisotopic (exact) mass is 320 g/mol. The third kappa shape index (κ3) is 3.50. The van der Waals surface area contributed by atoms with Gasteiger partial charge in [-0.2, -0.15) is 4.99 Å². The smallest absolute Gasteiger partial charge is 0.286 e. The molecule has 3 nitrogen and oxygen atoms in total. The summed E-state index contributed by atoms with van der Waals surface area (Å²) in [5.74, 6) is 0.532. The zero-order chi connectivity index (χ0) is 14.8. The number of carbonyl (C=O) groups is 1. The summed E-state index contributed by atoms with van der Waals surface area (Å²) in [5, 5.41) is 1.55. The number of amides is 1. The molecule has 0 aromatic heterocycles. The normalized spacial score (nSPS) is 24.6. The Morgan fingerprint density at radius 1 is 1.38 bits per heavy atom. The summed E-state index contributed by atoms with van der Waals surface area (Å²) in [6, 6.07) is 7.46. The van der Waals surface area contributed by atoms with Crippen LogP contribution in [0.15, 0.2) is 34.2 Å². The van der Waals surface area contributed by atoms with Gasteiger partial charge in [-0.05, 0) is 54.3 Å². The van der Waals surface area contributed by atoms with Crippen molar-refractivity contribution in [2.75, 3.05) is 13.1 Å². The van der Waals surface area contributed by atoms with E-state index in [-0.39, 0.29) is 5.91 Å². The van der Waals surface area contributed by atoms with Crippen molar-refractivity contribution in [1.82, 2.24) is 4.90 Å². The van der Waals surface area contributed by atoms with Crippen molar-refractivity contribution in [3.63, 3.8) is 0 Å². The molecule has 2 heterocycles. The van der Waals surface area contributed by atoms with Crippen LogP contribution in [0.25, 0.3) is 6.08 Å². The molecule has 2 aliphatic rings. The summed E-state index contributed by atoms with van der Waals surface area (Å²) in [4.78, 5) is 19.2. The maximum atomic E-state index is 12.1. The standard InChI is InChI=1S/C16H17ClN2OS/c1-11-3-2-8-19(10-11)16-18-15(20)14(21-16)9-12-4-6-13(17)7-5-12/h4-7,9,11H,2-3,8,10H2,1H3/b14-9+/t11-/m0/s1. The predicted molar refractivity (Wildman–Crippen MR) is 89.4 cm³/mol. The Morgan fingerprint density at radius 3 is 2.86 bits per heavy atom. The van der Waals surface area contributed by atoms with Gasteiger partial charge in [0.1, 0.15) is 0 Å². The number of carbonyl (C=O) groups excluding carboxylic acids is 1. The molecule has 0 saturated carbocycles. The van der Waals surface area contributed by atoms with Gasteiger partial charge in [0.25, 0.3) is 5.91 Å². The van der Waals surface area contributed by atoms with E-state index in [0.29, 0.717) is 15.8 Å². The topological polar surface area (TPSA) is 32.7 Å². The number of halogens is 1. The molecule has 3 rings (SSSR count). The molecule has 1 atom stereocenters. The van der Waals surface area contributed by atoms with E-state index in [9.17, 15) is 4.79 Å². The van der Waals surface area contributed by atoms with E-state index < -0.39 is 0 Å². The number of likely N-dealkylation sites (tertiary alicyclic amines) is 1. The van der Waals surface area contributed by atoms with E-state index >= 15 is 0 Å². The highest BCUT2D eigenvalue weighted by Gasteiger charge is 2.28. The first-order chi connectivity index (χ1) is 10.1. The number of thioether (sulfide) groups is 1. The molecule has 2 aliphatic heterocycles. The molecule has 110 valence electrons. The summed E-state index contributed by atoms with van der Waals surface area (Å²) < 4.78 is 0. The summed E-state index contributed by atoms with van der Waals surface area (Å²) in [7, 11) is 0. The van der Waals surface area contributed by atoms with Crippen molar-refractivity contribution in [2.45, 2.75) is 19.8 Å². The van der Waals surface area contributed by atoms with Crippen LogP contribution < -0.4 is 0 Å². The molecular weight excluding hydrogens is 304 g/mol. The van der Waals surface area contributed by atoms with Crippen LogP contribution >= 0.6 is 23.4 Å². The van der Waals surface area contributed by atoms with Gasteiger partial charge < -0.3 is 4.90 Å². The molecular formula is C16H17ClN2OS. The first kappa shape index (κ1) is 14.7. The van der Waals surface area contributed by atoms with Crippen LogP contribution in [0.5, 0.6) is 0 Å². The predicted octanol–water partition coefficient (Wildman–Crippen LogP) is 4.04. The minimum atomic E-state index is -0.136. The fraction of sp³-hybridized carbons (Fsp3) is 0.375. The first-order valence-corrected chi connectivity index (χ1v) is 8.34. The zero-order valence-corrected chi connectivity index (χ0v) is 13.5. The molecule has 1 fully saturated rings. The molecule has 5 heteroatoms. The average Bonchev–Trinajstić information content (AvgIpc) is 2.83. The number of benzene rings is 1. The Kier molecular flexibility index (Phi) is 4.36. The SMILES string of the molecule is C[C@H]1CCCN(C2=NC(=O)/C(=C\c3ccc(Cl)cc3)S2)C1. The van der Waals surface area contributed by atoms with Crippen molar-refractivity contribution in [3.8, 4) is 0 Å². The van der Waals surface area contributed by atoms with Crippen LogP contribution in [0, 0.1) is 5.92 Å². The lowest BCUT2D eigenvalue weighted by Gasteiger charge is -2.31. The lowest BCUT2D eigenvalue weighted by atomic mass is 10.0. The largest absolute Gasteiger partial charge is 0.351 e. The van der Waals surface area contributed by atoms with E-state index in [1.165, 1.54) is 24.6 Å². The molecule has 1 amide bonds. The van der Waals surface area contributed by atoms with E-state index in [0.717, 1.165) is 23.8 Å². The lowest BCUT2D eigenvalue weighted by Crippen LogP contribution is -2.37. The number of hydrogen-bond donors (Lipinski definition) is 0. The first-order valence-electron chi connectivity index (χ1n) is 7.15. The minimum Gasteiger partial charge on any atom is -0.351 e. The molecule has 0 radical (unpaired) electrons. The Hall–Kier alpha value is -1.26. The quantitative estimate of drug-likeness (QED) is 0.732. The van der Waals surface area contributed by atoms with Crippen LogP contribution in [0.1, 0.15) is 25.3 Å². The average molecular weight is 321 g/mol. The molecule has 1 aromatic rings. The third-order valence-electron chi connectivity index (χ3n) is 3.70. The Bertz CT molecular complexity index is 609. The minimum absolute atomic E-state index is 0.136. The number of hydrogen-bond acceptors (Lipinski definition) is 3. The van der Waals surface area contributed by atoms with Gasteiger partial charge in [-0.3, -0.25) is 4.79 Å². The highest BCUT2D eigenvalue weighted by molar-refractivity contribution is 8.18. The molecule has 0 aliphatic carbocycles. The summed E-state index contributed by atoms with van der Waals surface area (Å²) in [6.07, 6.45) is 4.31. The van der Waals surface area contributed by atoms with Crippen molar-refractivity contribution >= 4 is 40.5 Å². The van der Waals surface area contributed by atoms with E-state index in [2.05, 4.69) is 16.8 Å². The number of nitrogens with zero attached hydrogens (tertiary/aromatic N) is 2. The van der Waals surface area contributed by atoms with E-state index in [1.807, 2.05) is 30.3 Å². The van der Waals surface area contributed by atoms with Crippen molar-refractivity contribution in [1.29, 1.82) is 0 Å². The maximum Gasteiger partial charge on any atom is 0.286 e. The summed E-state index contributed by atoms with van der Waals surface area (Å²) in [6.45, 7) is 4.24. The number of amidine groups is 1. The second-order valence-corrected chi connectivity index (χ2v) is 7.00. The molecule has 0 N–H and O–H groups in total. The summed E-state index contributed by atoms with van der Waals surface area (Å²) >= 11 is 7.35. The van der Waals surface area contributed by atoms with Crippen molar-refractivity contribution < 1.29 is 4.79 Å².